The van der Waals surface area contributed by atoms with Crippen LogP contribution in [-0.2, 0) is 26.1 Å². The Labute approximate surface area is 263 Å². The second-order valence-electron chi connectivity index (χ2n) is 11.7. The molecule has 4 aromatic heterocycles. The number of pyridine rings is 3. The van der Waals surface area contributed by atoms with Crippen molar-refractivity contribution in [3.63, 3.8) is 0 Å². The van der Waals surface area contributed by atoms with Crippen LogP contribution in [0.4, 0.5) is 0 Å². The van der Waals surface area contributed by atoms with E-state index in [-0.39, 0.29) is 6.04 Å². The first-order valence-electron chi connectivity index (χ1n) is 15.6. The van der Waals surface area contributed by atoms with Gasteiger partial charge in [-0.05, 0) is 78.4 Å². The Balaban J connectivity index is 1.09. The number of aryl methyl sites for hydroxylation is 1. The molecule has 8 nitrogen and oxygen atoms in total. The molecule has 0 saturated carbocycles. The van der Waals surface area contributed by atoms with Crippen LogP contribution in [0.3, 0.4) is 0 Å². The predicted octanol–water partition coefficient (Wildman–Crippen LogP) is 6.39. The van der Waals surface area contributed by atoms with Crippen molar-refractivity contribution in [2.45, 2.75) is 57.1 Å². The van der Waals surface area contributed by atoms with Crippen LogP contribution in [0.15, 0.2) is 116 Å². The molecule has 1 aliphatic carbocycles. The number of benzene rings is 2. The lowest BCUT2D eigenvalue weighted by Crippen LogP contribution is -2.32. The first-order chi connectivity index (χ1) is 22.2. The Hall–Kier alpha value is -4.76. The fraction of sp³-hybridized carbons (Fsp3) is 0.243. The zero-order valence-electron chi connectivity index (χ0n) is 25.1. The molecule has 0 amide bonds. The minimum atomic E-state index is -0.834. The molecule has 0 aliphatic heterocycles. The molecule has 1 aliphatic rings. The van der Waals surface area contributed by atoms with E-state index in [9.17, 15) is 5.11 Å². The highest BCUT2D eigenvalue weighted by Crippen LogP contribution is 2.35. The summed E-state index contributed by atoms with van der Waals surface area (Å²) < 4.78 is 0. The van der Waals surface area contributed by atoms with Gasteiger partial charge in [-0.1, -0.05) is 54.6 Å². The van der Waals surface area contributed by atoms with Crippen LogP contribution >= 0.6 is 0 Å². The van der Waals surface area contributed by atoms with Crippen LogP contribution < -0.4 is 5.32 Å². The molecule has 7 rings (SSSR count). The Morgan fingerprint density at radius 1 is 0.778 bits per heavy atom. The molecule has 2 aromatic carbocycles. The van der Waals surface area contributed by atoms with Crippen LogP contribution in [0, 0.1) is 0 Å². The molecule has 8 heteroatoms. The number of imidazole rings is 1. The molecular formula is C37H37N7O. The highest BCUT2D eigenvalue weighted by molar-refractivity contribution is 5.74. The van der Waals surface area contributed by atoms with E-state index >= 15 is 0 Å². The highest BCUT2D eigenvalue weighted by Gasteiger charge is 2.28. The van der Waals surface area contributed by atoms with Gasteiger partial charge in [0, 0.05) is 31.7 Å². The Morgan fingerprint density at radius 2 is 1.51 bits per heavy atom. The van der Waals surface area contributed by atoms with E-state index in [1.807, 2.05) is 60.8 Å². The number of aromatic nitrogens is 5. The zero-order valence-corrected chi connectivity index (χ0v) is 25.1. The number of aliphatic hydroxyl groups is 1. The van der Waals surface area contributed by atoms with Crippen LogP contribution in [-0.4, -0.2) is 34.9 Å². The summed E-state index contributed by atoms with van der Waals surface area (Å²) in [7, 11) is 0. The minimum absolute atomic E-state index is 0.219. The smallest absolute Gasteiger partial charge is 0.121 e. The van der Waals surface area contributed by atoms with Crippen molar-refractivity contribution in [2.75, 3.05) is 0 Å². The molecule has 0 bridgehead atoms. The standard InChI is InChI=1S/C37H37N7O/c45-37(32-14-4-6-21-39-32)36(31-13-3-5-20-38-31)41-23-26-16-18-27(19-17-26)24-44(25-34-42-29-11-1-2-12-30(29)43-34)33-15-7-9-28-10-8-22-40-35(28)33/h1-6,8,10-14,16-22,33,36-37,41,45H,7,9,15,23-25H2,(H,42,43). The lowest BCUT2D eigenvalue weighted by molar-refractivity contribution is 0.121. The molecule has 226 valence electrons. The van der Waals surface area contributed by atoms with Crippen LogP contribution in [0.2, 0.25) is 0 Å². The lowest BCUT2D eigenvalue weighted by Gasteiger charge is -2.34. The summed E-state index contributed by atoms with van der Waals surface area (Å²) in [4.78, 5) is 24.7. The summed E-state index contributed by atoms with van der Waals surface area (Å²) >= 11 is 0. The summed E-state index contributed by atoms with van der Waals surface area (Å²) in [5, 5.41) is 14.8. The fourth-order valence-electron chi connectivity index (χ4n) is 6.37. The molecule has 0 saturated heterocycles. The van der Waals surface area contributed by atoms with E-state index in [0.717, 1.165) is 53.9 Å². The quantitative estimate of drug-likeness (QED) is 0.159. The number of fused-ring (bicyclic) bond motifs is 2. The van der Waals surface area contributed by atoms with Crippen molar-refractivity contribution in [1.29, 1.82) is 0 Å². The van der Waals surface area contributed by atoms with Gasteiger partial charge in [0.05, 0.1) is 46.7 Å². The number of hydrogen-bond acceptors (Lipinski definition) is 7. The SMILES string of the molecule is OC(c1ccccn1)C(NCc1ccc(CN(Cc2nc3ccccc3[nH]2)C2CCCc3cccnc32)cc1)c1ccccn1. The third kappa shape index (κ3) is 6.68. The van der Waals surface area contributed by atoms with Gasteiger partial charge in [-0.2, -0.15) is 0 Å². The number of hydrogen-bond donors (Lipinski definition) is 3. The Morgan fingerprint density at radius 3 is 2.29 bits per heavy atom. The molecule has 0 radical (unpaired) electrons. The maximum absolute atomic E-state index is 11.2. The van der Waals surface area contributed by atoms with Gasteiger partial charge in [0.2, 0.25) is 0 Å². The fourth-order valence-corrected chi connectivity index (χ4v) is 6.37. The second-order valence-corrected chi connectivity index (χ2v) is 11.7. The highest BCUT2D eigenvalue weighted by atomic mass is 16.3. The molecule has 3 unspecified atom stereocenters. The molecule has 45 heavy (non-hydrogen) atoms. The lowest BCUT2D eigenvalue weighted by atomic mass is 9.90. The van der Waals surface area contributed by atoms with Gasteiger partial charge >= 0.3 is 0 Å². The van der Waals surface area contributed by atoms with Crippen molar-refractivity contribution in [1.82, 2.24) is 35.1 Å². The van der Waals surface area contributed by atoms with Crippen molar-refractivity contribution < 1.29 is 5.11 Å². The average Bonchev–Trinajstić information content (AvgIpc) is 3.52. The van der Waals surface area contributed by atoms with Crippen molar-refractivity contribution >= 4 is 11.0 Å². The van der Waals surface area contributed by atoms with Gasteiger partial charge in [-0.25, -0.2) is 4.98 Å². The molecular weight excluding hydrogens is 558 g/mol. The van der Waals surface area contributed by atoms with E-state index in [2.05, 4.69) is 67.6 Å². The Kier molecular flexibility index (Phi) is 8.68. The molecule has 0 spiro atoms. The third-order valence-corrected chi connectivity index (χ3v) is 8.65. The molecule has 3 N–H and O–H groups in total. The Bertz CT molecular complexity index is 1790. The molecule has 4 heterocycles. The maximum atomic E-state index is 11.2. The van der Waals surface area contributed by atoms with Gasteiger partial charge in [0.15, 0.2) is 0 Å². The number of nitrogens with zero attached hydrogens (tertiary/aromatic N) is 5. The monoisotopic (exact) mass is 595 g/mol. The summed E-state index contributed by atoms with van der Waals surface area (Å²) in [6.07, 6.45) is 7.83. The minimum Gasteiger partial charge on any atom is -0.385 e. The zero-order chi connectivity index (χ0) is 30.4. The predicted molar refractivity (Wildman–Crippen MR) is 175 cm³/mol. The van der Waals surface area contributed by atoms with Gasteiger partial charge in [-0.15, -0.1) is 0 Å². The number of H-pyrrole nitrogens is 1. The van der Waals surface area contributed by atoms with Crippen molar-refractivity contribution in [3.8, 4) is 0 Å². The first kappa shape index (κ1) is 29.0. The molecule has 6 aromatic rings. The summed E-state index contributed by atoms with van der Waals surface area (Å²) in [5.74, 6) is 0.965. The molecule has 3 atom stereocenters. The maximum Gasteiger partial charge on any atom is 0.121 e. The van der Waals surface area contributed by atoms with Gasteiger partial charge in [0.1, 0.15) is 11.9 Å². The van der Waals surface area contributed by atoms with Crippen LogP contribution in [0.5, 0.6) is 0 Å². The van der Waals surface area contributed by atoms with Crippen molar-refractivity contribution in [2.24, 2.45) is 0 Å². The number of aliphatic hydroxyl groups excluding tert-OH is 1. The number of aromatic amines is 1. The van der Waals surface area contributed by atoms with Crippen LogP contribution in [0.25, 0.3) is 11.0 Å². The second kappa shape index (κ2) is 13.5. The largest absolute Gasteiger partial charge is 0.385 e. The summed E-state index contributed by atoms with van der Waals surface area (Å²) in [5.41, 5.74) is 8.32. The number of rotatable bonds is 11. The van der Waals surface area contributed by atoms with E-state index < -0.39 is 12.1 Å². The summed E-state index contributed by atoms with van der Waals surface area (Å²) in [6, 6.07) is 32.3. The summed E-state index contributed by atoms with van der Waals surface area (Å²) in [6.45, 7) is 2.06. The van der Waals surface area contributed by atoms with E-state index in [0.29, 0.717) is 18.8 Å². The van der Waals surface area contributed by atoms with Gasteiger partial charge < -0.3 is 15.4 Å². The first-order valence-corrected chi connectivity index (χ1v) is 15.6. The van der Waals surface area contributed by atoms with Crippen molar-refractivity contribution in [3.05, 3.63) is 155 Å². The van der Waals surface area contributed by atoms with E-state index in [1.54, 1.807) is 12.4 Å². The topological polar surface area (TPSA) is 103 Å². The van der Waals surface area contributed by atoms with E-state index in [4.69, 9.17) is 9.97 Å². The third-order valence-electron chi connectivity index (χ3n) is 8.65. The van der Waals surface area contributed by atoms with E-state index in [1.165, 1.54) is 16.8 Å². The molecule has 0 fully saturated rings. The van der Waals surface area contributed by atoms with Crippen LogP contribution in [0.1, 0.15) is 70.6 Å². The number of para-hydroxylation sites is 2. The van der Waals surface area contributed by atoms with Gasteiger partial charge in [0.25, 0.3) is 0 Å². The normalized spacial score (nSPS) is 16.0. The average molecular weight is 596 g/mol. The number of nitrogens with one attached hydrogen (secondary N) is 2. The van der Waals surface area contributed by atoms with Gasteiger partial charge in [-0.3, -0.25) is 19.9 Å².